The van der Waals surface area contributed by atoms with Crippen molar-refractivity contribution in [2.45, 2.75) is 12.5 Å². The van der Waals surface area contributed by atoms with Crippen LogP contribution in [0.3, 0.4) is 0 Å². The van der Waals surface area contributed by atoms with Crippen LogP contribution in [0.15, 0.2) is 42.5 Å². The molecule has 1 aliphatic heterocycles. The Morgan fingerprint density at radius 2 is 1.85 bits per heavy atom. The Morgan fingerprint density at radius 1 is 1.08 bits per heavy atom. The highest BCUT2D eigenvalue weighted by molar-refractivity contribution is 7.91. The molecule has 1 aliphatic rings. The highest BCUT2D eigenvalue weighted by atomic mass is 32.2. The van der Waals surface area contributed by atoms with Crippen molar-refractivity contribution in [2.24, 2.45) is 0 Å². The third kappa shape index (κ3) is 4.95. The van der Waals surface area contributed by atoms with Crippen LogP contribution in [0.2, 0.25) is 0 Å². The predicted molar refractivity (Wildman–Crippen MR) is 95.6 cm³/mol. The smallest absolute Gasteiger partial charge is 0.344 e. The van der Waals surface area contributed by atoms with Gasteiger partial charge in [-0.3, -0.25) is 4.79 Å². The number of carbonyl (C=O) groups is 2. The van der Waals surface area contributed by atoms with Gasteiger partial charge < -0.3 is 14.8 Å². The molecule has 0 radical (unpaired) electrons. The summed E-state index contributed by atoms with van der Waals surface area (Å²) in [6.45, 7) is -0.778. The zero-order valence-electron chi connectivity index (χ0n) is 14.0. The summed E-state index contributed by atoms with van der Waals surface area (Å²) >= 11 is 0. The first-order valence-electron chi connectivity index (χ1n) is 8.18. The second kappa shape index (κ2) is 7.74. The molecule has 0 unspecified atom stereocenters. The topological polar surface area (TPSA) is 98.8 Å². The molecule has 1 saturated heterocycles. The number of carbonyl (C=O) groups excluding carboxylic acids is 2. The molecule has 0 aromatic heterocycles. The molecule has 1 fully saturated rings. The molecule has 0 bridgehead atoms. The number of rotatable bonds is 6. The lowest BCUT2D eigenvalue weighted by molar-refractivity contribution is -0.150. The van der Waals surface area contributed by atoms with E-state index in [0.29, 0.717) is 12.2 Å². The van der Waals surface area contributed by atoms with Crippen LogP contribution in [-0.4, -0.2) is 51.1 Å². The third-order valence-electron chi connectivity index (χ3n) is 4.04. The molecular formula is C18H19NO6S. The van der Waals surface area contributed by atoms with Gasteiger partial charge in [-0.25, -0.2) is 13.2 Å². The summed E-state index contributed by atoms with van der Waals surface area (Å²) in [5.74, 6) is -0.672. The first kappa shape index (κ1) is 18.2. The second-order valence-corrected chi connectivity index (χ2v) is 8.35. The number of benzene rings is 2. The van der Waals surface area contributed by atoms with Crippen LogP contribution in [0, 0.1) is 0 Å². The Morgan fingerprint density at radius 3 is 2.58 bits per heavy atom. The monoisotopic (exact) mass is 377 g/mol. The number of fused-ring (bicyclic) bond motifs is 1. The molecule has 8 heteroatoms. The number of ether oxygens (including phenoxy) is 2. The second-order valence-electron chi connectivity index (χ2n) is 6.13. The minimum atomic E-state index is -3.07. The van der Waals surface area contributed by atoms with E-state index in [1.807, 2.05) is 36.4 Å². The van der Waals surface area contributed by atoms with E-state index in [-0.39, 0.29) is 18.1 Å². The van der Waals surface area contributed by atoms with Gasteiger partial charge in [0, 0.05) is 6.04 Å². The van der Waals surface area contributed by atoms with E-state index in [1.54, 1.807) is 6.07 Å². The van der Waals surface area contributed by atoms with Crippen LogP contribution < -0.4 is 10.1 Å². The number of amides is 1. The lowest BCUT2D eigenvalue weighted by atomic mass is 10.1. The van der Waals surface area contributed by atoms with Crippen LogP contribution >= 0.6 is 0 Å². The average molecular weight is 377 g/mol. The summed E-state index contributed by atoms with van der Waals surface area (Å²) in [5, 5.41) is 4.60. The fourth-order valence-corrected chi connectivity index (χ4v) is 4.44. The summed E-state index contributed by atoms with van der Waals surface area (Å²) in [4.78, 5) is 23.4. The third-order valence-corrected chi connectivity index (χ3v) is 5.81. The van der Waals surface area contributed by atoms with E-state index in [1.165, 1.54) is 0 Å². The largest absolute Gasteiger partial charge is 0.482 e. The van der Waals surface area contributed by atoms with Gasteiger partial charge in [0.2, 0.25) is 0 Å². The molecule has 2 aromatic rings. The molecule has 3 rings (SSSR count). The molecule has 0 spiro atoms. The molecule has 26 heavy (non-hydrogen) atoms. The molecule has 1 N–H and O–H groups in total. The fraction of sp³-hybridized carbons (Fsp3) is 0.333. The Kier molecular flexibility index (Phi) is 5.41. The van der Waals surface area contributed by atoms with Crippen molar-refractivity contribution in [1.82, 2.24) is 5.32 Å². The maximum Gasteiger partial charge on any atom is 0.344 e. The van der Waals surface area contributed by atoms with Gasteiger partial charge in [0.15, 0.2) is 23.1 Å². The van der Waals surface area contributed by atoms with Crippen LogP contribution in [0.25, 0.3) is 10.8 Å². The summed E-state index contributed by atoms with van der Waals surface area (Å²) in [5.41, 5.74) is 0. The molecule has 1 atom stereocenters. The zero-order valence-corrected chi connectivity index (χ0v) is 14.8. The van der Waals surface area contributed by atoms with Gasteiger partial charge in [0.1, 0.15) is 5.75 Å². The molecule has 0 aliphatic carbocycles. The van der Waals surface area contributed by atoms with Gasteiger partial charge in [0.05, 0.1) is 11.5 Å². The first-order chi connectivity index (χ1) is 12.4. The van der Waals surface area contributed by atoms with Crippen molar-refractivity contribution in [3.63, 3.8) is 0 Å². The summed E-state index contributed by atoms with van der Waals surface area (Å²) < 4.78 is 32.9. The van der Waals surface area contributed by atoms with Crippen molar-refractivity contribution < 1.29 is 27.5 Å². The van der Waals surface area contributed by atoms with Gasteiger partial charge in [-0.05, 0) is 29.3 Å². The molecule has 2 aromatic carbocycles. The van der Waals surface area contributed by atoms with Crippen molar-refractivity contribution >= 4 is 32.5 Å². The van der Waals surface area contributed by atoms with E-state index < -0.39 is 34.4 Å². The van der Waals surface area contributed by atoms with E-state index in [9.17, 15) is 18.0 Å². The van der Waals surface area contributed by atoms with Crippen LogP contribution in [-0.2, 0) is 24.2 Å². The van der Waals surface area contributed by atoms with Crippen LogP contribution in [0.5, 0.6) is 5.75 Å². The minimum absolute atomic E-state index is 0.0668. The maximum absolute atomic E-state index is 11.7. The molecule has 1 amide bonds. The van der Waals surface area contributed by atoms with Gasteiger partial charge in [-0.2, -0.15) is 0 Å². The van der Waals surface area contributed by atoms with Gasteiger partial charge in [-0.15, -0.1) is 0 Å². The Hall–Kier alpha value is -2.61. The lowest BCUT2D eigenvalue weighted by Crippen LogP contribution is -2.38. The van der Waals surface area contributed by atoms with E-state index >= 15 is 0 Å². The number of esters is 1. The summed E-state index contributed by atoms with van der Waals surface area (Å²) in [7, 11) is -3.07. The Bertz CT molecular complexity index is 924. The fourth-order valence-electron chi connectivity index (χ4n) is 2.77. The number of nitrogens with one attached hydrogen (secondary N) is 1. The zero-order chi connectivity index (χ0) is 18.6. The molecule has 1 heterocycles. The molecule has 138 valence electrons. The highest BCUT2D eigenvalue weighted by Gasteiger charge is 2.29. The van der Waals surface area contributed by atoms with Crippen molar-refractivity contribution in [3.05, 3.63) is 42.5 Å². The average Bonchev–Trinajstić information content (AvgIpc) is 2.96. The minimum Gasteiger partial charge on any atom is -0.482 e. The number of hydrogen-bond donors (Lipinski definition) is 1. The highest BCUT2D eigenvalue weighted by Crippen LogP contribution is 2.20. The summed E-state index contributed by atoms with van der Waals surface area (Å²) in [6, 6.07) is 12.8. The number of hydrogen-bond acceptors (Lipinski definition) is 6. The molecular weight excluding hydrogens is 358 g/mol. The SMILES string of the molecule is O=C(COC(=O)COc1ccc2ccccc2c1)N[C@@H]1CCS(=O)(=O)C1. The van der Waals surface area contributed by atoms with E-state index in [4.69, 9.17) is 9.47 Å². The quantitative estimate of drug-likeness (QED) is 0.756. The Balaban J connectivity index is 1.41. The van der Waals surface area contributed by atoms with Gasteiger partial charge in [0.25, 0.3) is 5.91 Å². The first-order valence-corrected chi connectivity index (χ1v) is 10.0. The molecule has 7 nitrogen and oxygen atoms in total. The summed E-state index contributed by atoms with van der Waals surface area (Å²) in [6.07, 6.45) is 0.382. The maximum atomic E-state index is 11.7. The lowest BCUT2D eigenvalue weighted by Gasteiger charge is -2.11. The van der Waals surface area contributed by atoms with E-state index in [0.717, 1.165) is 10.8 Å². The molecule has 0 saturated carbocycles. The number of sulfone groups is 1. The van der Waals surface area contributed by atoms with Crippen LogP contribution in [0.4, 0.5) is 0 Å². The van der Waals surface area contributed by atoms with Crippen molar-refractivity contribution in [2.75, 3.05) is 24.7 Å². The van der Waals surface area contributed by atoms with Gasteiger partial charge >= 0.3 is 5.97 Å². The normalized spacial score (nSPS) is 18.4. The van der Waals surface area contributed by atoms with E-state index in [2.05, 4.69) is 5.32 Å². The standard InChI is InChI=1S/C18H19NO6S/c20-17(19-15-7-8-26(22,23)12-15)10-25-18(21)11-24-16-6-5-13-3-1-2-4-14(13)9-16/h1-6,9,15H,7-8,10-12H2,(H,19,20)/t15-/m1/s1. The van der Waals surface area contributed by atoms with Crippen molar-refractivity contribution in [3.8, 4) is 5.75 Å². The predicted octanol–water partition coefficient (Wildman–Crippen LogP) is 1.07. The van der Waals surface area contributed by atoms with Crippen LogP contribution in [0.1, 0.15) is 6.42 Å². The van der Waals surface area contributed by atoms with Crippen molar-refractivity contribution in [1.29, 1.82) is 0 Å². The van der Waals surface area contributed by atoms with Gasteiger partial charge in [-0.1, -0.05) is 30.3 Å². The Labute approximate surface area is 151 Å².